The molecule has 106 valence electrons. The number of nitrogens with one attached hydrogen (secondary N) is 1. The van der Waals surface area contributed by atoms with Crippen molar-refractivity contribution in [3.05, 3.63) is 48.0 Å². The van der Waals surface area contributed by atoms with Gasteiger partial charge in [-0.2, -0.15) is 0 Å². The summed E-state index contributed by atoms with van der Waals surface area (Å²) in [7, 11) is 0. The lowest BCUT2D eigenvalue weighted by Gasteiger charge is -2.37. The highest BCUT2D eigenvalue weighted by atomic mass is 15.2. The van der Waals surface area contributed by atoms with E-state index in [0.717, 1.165) is 24.3 Å². The molecule has 1 aliphatic rings. The molecule has 6 heteroatoms. The van der Waals surface area contributed by atoms with Gasteiger partial charge in [-0.05, 0) is 17.5 Å². The molecule has 0 spiro atoms. The zero-order chi connectivity index (χ0) is 14.2. The second kappa shape index (κ2) is 4.82. The minimum absolute atomic E-state index is 0.237. The summed E-state index contributed by atoms with van der Waals surface area (Å²) in [6.07, 6.45) is 4.15. The molecule has 21 heavy (non-hydrogen) atoms. The Morgan fingerprint density at radius 2 is 2.05 bits per heavy atom. The van der Waals surface area contributed by atoms with Crippen LogP contribution in [0.4, 0.5) is 5.82 Å². The van der Waals surface area contributed by atoms with Crippen molar-refractivity contribution >= 4 is 17.0 Å². The van der Waals surface area contributed by atoms with Gasteiger partial charge in [-0.3, -0.25) is 0 Å². The van der Waals surface area contributed by atoms with Crippen LogP contribution in [0.25, 0.3) is 11.2 Å². The van der Waals surface area contributed by atoms with Gasteiger partial charge in [-0.15, -0.1) is 0 Å². The maximum atomic E-state index is 6.00. The first-order valence-corrected chi connectivity index (χ1v) is 7.04. The molecule has 4 rings (SSSR count). The minimum atomic E-state index is 0.237. The largest absolute Gasteiger partial charge is 0.346 e. The molecule has 3 N–H and O–H groups in total. The molecule has 1 aromatic carbocycles. The zero-order valence-electron chi connectivity index (χ0n) is 11.5. The summed E-state index contributed by atoms with van der Waals surface area (Å²) in [4.78, 5) is 18.2. The van der Waals surface area contributed by atoms with Crippen LogP contribution in [0, 0.1) is 0 Å². The molecular weight excluding hydrogens is 264 g/mol. The molecule has 3 heterocycles. The number of H-pyrrole nitrogens is 1. The fourth-order valence-corrected chi connectivity index (χ4v) is 3.02. The summed E-state index contributed by atoms with van der Waals surface area (Å²) >= 11 is 0. The Balaban J connectivity index is 1.82. The van der Waals surface area contributed by atoms with Crippen molar-refractivity contribution in [2.75, 3.05) is 11.4 Å². The van der Waals surface area contributed by atoms with Crippen LogP contribution < -0.4 is 10.6 Å². The number of nitrogens with zero attached hydrogens (tertiary/aromatic N) is 4. The number of hydrogen-bond acceptors (Lipinski definition) is 5. The second-order valence-corrected chi connectivity index (χ2v) is 5.29. The molecule has 0 radical (unpaired) electrons. The van der Waals surface area contributed by atoms with Crippen LogP contribution in [0.15, 0.2) is 36.9 Å². The Morgan fingerprint density at radius 3 is 2.90 bits per heavy atom. The minimum Gasteiger partial charge on any atom is -0.346 e. The molecule has 0 fully saturated rings. The number of rotatable bonds is 2. The number of benzene rings is 1. The molecule has 1 aliphatic heterocycles. The summed E-state index contributed by atoms with van der Waals surface area (Å²) < 4.78 is 0. The molecular formula is C15H16N6. The van der Waals surface area contributed by atoms with Crippen LogP contribution in [0.2, 0.25) is 0 Å². The summed E-state index contributed by atoms with van der Waals surface area (Å²) in [6, 6.07) is 8.74. The van der Waals surface area contributed by atoms with Gasteiger partial charge in [0.05, 0.1) is 6.33 Å². The number of anilines is 1. The summed E-state index contributed by atoms with van der Waals surface area (Å²) in [5.41, 5.74) is 10.3. The maximum Gasteiger partial charge on any atom is 0.182 e. The van der Waals surface area contributed by atoms with Crippen LogP contribution in [0.1, 0.15) is 11.1 Å². The van der Waals surface area contributed by atoms with Crippen molar-refractivity contribution in [1.29, 1.82) is 0 Å². The Morgan fingerprint density at radius 1 is 1.19 bits per heavy atom. The summed E-state index contributed by atoms with van der Waals surface area (Å²) in [5.74, 6) is 0.877. The van der Waals surface area contributed by atoms with Gasteiger partial charge in [0, 0.05) is 19.1 Å². The van der Waals surface area contributed by atoms with Crippen molar-refractivity contribution in [3.8, 4) is 0 Å². The Bertz CT molecular complexity index is 780. The normalized spacial score (nSPS) is 18.0. The SMILES string of the molecule is NCC1Cc2ccccc2CN1c1ncnc2nc[nH]c12. The number of nitrogens with two attached hydrogens (primary N) is 1. The lowest BCUT2D eigenvalue weighted by molar-refractivity contribution is 0.557. The number of fused-ring (bicyclic) bond motifs is 2. The van der Waals surface area contributed by atoms with Crippen molar-refractivity contribution in [2.24, 2.45) is 5.73 Å². The Labute approximate surface area is 122 Å². The topological polar surface area (TPSA) is 83.7 Å². The van der Waals surface area contributed by atoms with Gasteiger partial charge < -0.3 is 15.6 Å². The lowest BCUT2D eigenvalue weighted by atomic mass is 9.94. The average molecular weight is 280 g/mol. The zero-order valence-corrected chi connectivity index (χ0v) is 11.5. The van der Waals surface area contributed by atoms with Gasteiger partial charge in [-0.25, -0.2) is 15.0 Å². The molecule has 1 atom stereocenters. The van der Waals surface area contributed by atoms with Crippen molar-refractivity contribution in [3.63, 3.8) is 0 Å². The number of aromatic nitrogens is 4. The van der Waals surface area contributed by atoms with E-state index >= 15 is 0 Å². The van der Waals surface area contributed by atoms with E-state index in [0.29, 0.717) is 12.2 Å². The van der Waals surface area contributed by atoms with Gasteiger partial charge in [-0.1, -0.05) is 24.3 Å². The van der Waals surface area contributed by atoms with E-state index in [2.05, 4.69) is 49.1 Å². The average Bonchev–Trinajstić information content (AvgIpc) is 3.02. The van der Waals surface area contributed by atoms with Gasteiger partial charge in [0.25, 0.3) is 0 Å². The van der Waals surface area contributed by atoms with E-state index in [9.17, 15) is 0 Å². The number of aromatic amines is 1. The third-order valence-corrected chi connectivity index (χ3v) is 4.10. The van der Waals surface area contributed by atoms with Crippen molar-refractivity contribution < 1.29 is 0 Å². The van der Waals surface area contributed by atoms with Crippen LogP contribution in [0.5, 0.6) is 0 Å². The Kier molecular flexibility index (Phi) is 2.82. The van der Waals surface area contributed by atoms with Crippen molar-refractivity contribution in [1.82, 2.24) is 19.9 Å². The highest BCUT2D eigenvalue weighted by Crippen LogP contribution is 2.29. The Hall–Kier alpha value is -2.47. The third-order valence-electron chi connectivity index (χ3n) is 4.10. The standard InChI is InChI=1S/C15H16N6/c16-6-12-5-10-3-1-2-4-11(10)7-21(12)15-13-14(18-8-17-13)19-9-20-15/h1-4,8-9,12H,5-7,16H2,(H,17,18,19,20). The number of hydrogen-bond donors (Lipinski definition) is 2. The van der Waals surface area contributed by atoms with Gasteiger partial charge in [0.1, 0.15) is 11.8 Å². The van der Waals surface area contributed by atoms with Gasteiger partial charge in [0.15, 0.2) is 11.5 Å². The molecule has 0 amide bonds. The van der Waals surface area contributed by atoms with Crippen LogP contribution in [-0.4, -0.2) is 32.5 Å². The van der Waals surface area contributed by atoms with Gasteiger partial charge >= 0.3 is 0 Å². The predicted octanol–water partition coefficient (Wildman–Crippen LogP) is 1.24. The molecule has 1 unspecified atom stereocenters. The second-order valence-electron chi connectivity index (χ2n) is 5.29. The molecule has 0 aliphatic carbocycles. The first kappa shape index (κ1) is 12.3. The third kappa shape index (κ3) is 1.95. The summed E-state index contributed by atoms with van der Waals surface area (Å²) in [5, 5.41) is 0. The molecule has 0 bridgehead atoms. The molecule has 0 saturated carbocycles. The lowest BCUT2D eigenvalue weighted by Crippen LogP contribution is -2.45. The van der Waals surface area contributed by atoms with Crippen LogP contribution in [-0.2, 0) is 13.0 Å². The molecule has 2 aromatic heterocycles. The highest BCUT2D eigenvalue weighted by Gasteiger charge is 2.27. The first-order valence-electron chi connectivity index (χ1n) is 7.04. The molecule has 0 saturated heterocycles. The first-order chi connectivity index (χ1) is 10.4. The van der Waals surface area contributed by atoms with E-state index < -0.39 is 0 Å². The fourth-order valence-electron chi connectivity index (χ4n) is 3.02. The van der Waals surface area contributed by atoms with E-state index in [4.69, 9.17) is 5.73 Å². The summed E-state index contributed by atoms with van der Waals surface area (Å²) in [6.45, 7) is 1.40. The van der Waals surface area contributed by atoms with E-state index in [-0.39, 0.29) is 6.04 Å². The monoisotopic (exact) mass is 280 g/mol. The van der Waals surface area contributed by atoms with Gasteiger partial charge in [0.2, 0.25) is 0 Å². The fraction of sp³-hybridized carbons (Fsp3) is 0.267. The number of imidazole rings is 1. The molecule has 3 aromatic rings. The highest BCUT2D eigenvalue weighted by molar-refractivity contribution is 5.83. The quantitative estimate of drug-likeness (QED) is 0.738. The van der Waals surface area contributed by atoms with Crippen molar-refractivity contribution in [2.45, 2.75) is 19.0 Å². The van der Waals surface area contributed by atoms with E-state index in [1.165, 1.54) is 11.1 Å². The smallest absolute Gasteiger partial charge is 0.182 e. The predicted molar refractivity (Wildman–Crippen MR) is 80.9 cm³/mol. The van der Waals surface area contributed by atoms with E-state index in [1.54, 1.807) is 12.7 Å². The van der Waals surface area contributed by atoms with E-state index in [1.807, 2.05) is 0 Å². The van der Waals surface area contributed by atoms with Crippen LogP contribution in [0.3, 0.4) is 0 Å². The molecule has 6 nitrogen and oxygen atoms in total. The maximum absolute atomic E-state index is 6.00. The van der Waals surface area contributed by atoms with Crippen LogP contribution >= 0.6 is 0 Å².